The Morgan fingerprint density at radius 3 is 2.68 bits per heavy atom. The van der Waals surface area contributed by atoms with Crippen LogP contribution in [-0.4, -0.2) is 48.2 Å². The van der Waals surface area contributed by atoms with Crippen molar-refractivity contribution in [3.05, 3.63) is 11.9 Å². The molecular formula is C15H23N5O2. The van der Waals surface area contributed by atoms with Crippen LogP contribution >= 0.6 is 0 Å². The summed E-state index contributed by atoms with van der Waals surface area (Å²) in [6.07, 6.45) is 6.88. The lowest BCUT2D eigenvalue weighted by Gasteiger charge is -2.31. The van der Waals surface area contributed by atoms with Crippen molar-refractivity contribution in [1.29, 1.82) is 0 Å². The predicted molar refractivity (Wildman–Crippen MR) is 84.1 cm³/mol. The summed E-state index contributed by atoms with van der Waals surface area (Å²) in [7, 11) is 0. The molecule has 3 rings (SSSR count). The Morgan fingerprint density at radius 2 is 2.00 bits per heavy atom. The molecule has 0 atom stereocenters. The number of aromatic nitrogens is 2. The van der Waals surface area contributed by atoms with Gasteiger partial charge < -0.3 is 20.7 Å². The van der Waals surface area contributed by atoms with Crippen molar-refractivity contribution in [2.75, 3.05) is 36.5 Å². The smallest absolute Gasteiger partial charge is 0.268 e. The molecule has 0 aliphatic carbocycles. The van der Waals surface area contributed by atoms with Crippen molar-refractivity contribution < 1.29 is 9.53 Å². The van der Waals surface area contributed by atoms with E-state index in [0.29, 0.717) is 6.04 Å². The monoisotopic (exact) mass is 305 g/mol. The van der Waals surface area contributed by atoms with E-state index in [2.05, 4.69) is 20.2 Å². The molecule has 3 N–H and O–H groups in total. The Hall–Kier alpha value is -1.89. The van der Waals surface area contributed by atoms with Crippen molar-refractivity contribution in [2.24, 2.45) is 5.73 Å². The summed E-state index contributed by atoms with van der Waals surface area (Å²) in [6.45, 7) is 3.42. The Morgan fingerprint density at radius 1 is 1.27 bits per heavy atom. The maximum absolute atomic E-state index is 11.4. The first kappa shape index (κ1) is 15.0. The van der Waals surface area contributed by atoms with Gasteiger partial charge in [-0.1, -0.05) is 0 Å². The van der Waals surface area contributed by atoms with Crippen LogP contribution < -0.4 is 16.0 Å². The molecule has 0 aromatic carbocycles. The van der Waals surface area contributed by atoms with Crippen molar-refractivity contribution in [2.45, 2.75) is 38.1 Å². The van der Waals surface area contributed by atoms with Crippen molar-refractivity contribution in [3.8, 4) is 0 Å². The minimum atomic E-state index is -0.539. The number of hydrogen-bond donors (Lipinski definition) is 2. The summed E-state index contributed by atoms with van der Waals surface area (Å²) in [4.78, 5) is 22.5. The highest BCUT2D eigenvalue weighted by atomic mass is 16.5. The molecule has 0 bridgehead atoms. The van der Waals surface area contributed by atoms with Crippen LogP contribution in [0.15, 0.2) is 6.20 Å². The highest BCUT2D eigenvalue weighted by Crippen LogP contribution is 2.26. The molecule has 3 heterocycles. The number of nitrogens with zero attached hydrogens (tertiary/aromatic N) is 3. The zero-order chi connectivity index (χ0) is 15.4. The summed E-state index contributed by atoms with van der Waals surface area (Å²) in [5.74, 6) is 0.963. The molecule has 0 radical (unpaired) electrons. The van der Waals surface area contributed by atoms with Crippen LogP contribution in [-0.2, 0) is 4.74 Å². The van der Waals surface area contributed by atoms with Gasteiger partial charge in [0.2, 0.25) is 0 Å². The number of primary amides is 1. The van der Waals surface area contributed by atoms with E-state index in [1.807, 2.05) is 0 Å². The standard InChI is InChI=1S/C15H23N5O2/c16-13(21)12-10-17-14(18-11-4-8-22-9-5-11)15(19-12)20-6-2-1-3-7-20/h10-11H,1-9H2,(H2,16,21)(H,17,18). The van der Waals surface area contributed by atoms with E-state index < -0.39 is 5.91 Å². The second-order valence-electron chi connectivity index (χ2n) is 5.87. The van der Waals surface area contributed by atoms with Crippen LogP contribution in [0.1, 0.15) is 42.6 Å². The number of ether oxygens (including phenoxy) is 1. The molecule has 0 unspecified atom stereocenters. The van der Waals surface area contributed by atoms with Gasteiger partial charge >= 0.3 is 0 Å². The highest BCUT2D eigenvalue weighted by molar-refractivity contribution is 5.91. The van der Waals surface area contributed by atoms with Crippen LogP contribution in [0.4, 0.5) is 11.6 Å². The SMILES string of the molecule is NC(=O)c1cnc(NC2CCOCC2)c(N2CCCCC2)n1. The van der Waals surface area contributed by atoms with Crippen LogP contribution in [0.5, 0.6) is 0 Å². The second kappa shape index (κ2) is 6.91. The van der Waals surface area contributed by atoms with Crippen LogP contribution in [0.25, 0.3) is 0 Å². The molecule has 1 aromatic heterocycles. The lowest BCUT2D eigenvalue weighted by molar-refractivity contribution is 0.0904. The third-order valence-electron chi connectivity index (χ3n) is 4.22. The number of rotatable bonds is 4. The maximum Gasteiger partial charge on any atom is 0.268 e. The normalized spacial score (nSPS) is 19.9. The Kier molecular flexibility index (Phi) is 4.72. The average molecular weight is 305 g/mol. The lowest BCUT2D eigenvalue weighted by Crippen LogP contribution is -2.34. The molecule has 2 aliphatic heterocycles. The quantitative estimate of drug-likeness (QED) is 0.867. The number of anilines is 2. The fourth-order valence-corrected chi connectivity index (χ4v) is 2.96. The van der Waals surface area contributed by atoms with Crippen LogP contribution in [0, 0.1) is 0 Å². The van der Waals surface area contributed by atoms with Gasteiger partial charge in [0.25, 0.3) is 5.91 Å². The van der Waals surface area contributed by atoms with Gasteiger partial charge in [-0.05, 0) is 32.1 Å². The molecule has 2 saturated heterocycles. The molecule has 7 nitrogen and oxygen atoms in total. The molecule has 1 amide bonds. The number of hydrogen-bond acceptors (Lipinski definition) is 6. The fourth-order valence-electron chi connectivity index (χ4n) is 2.96. The van der Waals surface area contributed by atoms with Gasteiger partial charge in [0.15, 0.2) is 11.6 Å². The Labute approximate surface area is 130 Å². The topological polar surface area (TPSA) is 93.4 Å². The summed E-state index contributed by atoms with van der Waals surface area (Å²) in [6, 6.07) is 0.339. The van der Waals surface area contributed by atoms with E-state index in [9.17, 15) is 4.79 Å². The minimum Gasteiger partial charge on any atom is -0.381 e. The first-order valence-electron chi connectivity index (χ1n) is 8.00. The van der Waals surface area contributed by atoms with Crippen LogP contribution in [0.2, 0.25) is 0 Å². The third-order valence-corrected chi connectivity index (χ3v) is 4.22. The molecule has 0 saturated carbocycles. The molecular weight excluding hydrogens is 282 g/mol. The van der Waals surface area contributed by atoms with Crippen molar-refractivity contribution in [3.63, 3.8) is 0 Å². The van der Waals surface area contributed by atoms with E-state index >= 15 is 0 Å². The fraction of sp³-hybridized carbons (Fsp3) is 0.667. The van der Waals surface area contributed by atoms with Crippen molar-refractivity contribution in [1.82, 2.24) is 9.97 Å². The van der Waals surface area contributed by atoms with Gasteiger partial charge in [0.05, 0.1) is 6.20 Å². The third kappa shape index (κ3) is 3.47. The number of piperidine rings is 1. The molecule has 2 aliphatic rings. The summed E-state index contributed by atoms with van der Waals surface area (Å²) in [5, 5.41) is 3.47. The first-order valence-corrected chi connectivity index (χ1v) is 8.00. The number of nitrogens with one attached hydrogen (secondary N) is 1. The van der Waals surface area contributed by atoms with E-state index in [1.165, 1.54) is 12.6 Å². The zero-order valence-corrected chi connectivity index (χ0v) is 12.8. The Balaban J connectivity index is 1.84. The van der Waals surface area contributed by atoms with Gasteiger partial charge in [-0.25, -0.2) is 9.97 Å². The molecule has 120 valence electrons. The van der Waals surface area contributed by atoms with Crippen molar-refractivity contribution >= 4 is 17.5 Å². The molecule has 7 heteroatoms. The maximum atomic E-state index is 11.4. The summed E-state index contributed by atoms with van der Waals surface area (Å²) < 4.78 is 5.39. The number of carbonyl (C=O) groups is 1. The Bertz CT molecular complexity index is 525. The number of nitrogens with two attached hydrogens (primary N) is 1. The van der Waals surface area contributed by atoms with E-state index in [4.69, 9.17) is 10.5 Å². The molecule has 2 fully saturated rings. The molecule has 22 heavy (non-hydrogen) atoms. The van der Waals surface area contributed by atoms with Gasteiger partial charge in [0.1, 0.15) is 5.69 Å². The van der Waals surface area contributed by atoms with Gasteiger partial charge in [-0.2, -0.15) is 0 Å². The lowest BCUT2D eigenvalue weighted by atomic mass is 10.1. The van der Waals surface area contributed by atoms with E-state index in [-0.39, 0.29) is 5.69 Å². The second-order valence-corrected chi connectivity index (χ2v) is 5.87. The van der Waals surface area contributed by atoms with Crippen LogP contribution in [0.3, 0.4) is 0 Å². The summed E-state index contributed by atoms with van der Waals surface area (Å²) in [5.41, 5.74) is 5.57. The molecule has 0 spiro atoms. The van der Waals surface area contributed by atoms with Gasteiger partial charge in [-0.15, -0.1) is 0 Å². The van der Waals surface area contributed by atoms with E-state index in [1.54, 1.807) is 0 Å². The predicted octanol–water partition coefficient (Wildman–Crippen LogP) is 1.16. The first-order chi connectivity index (χ1) is 10.7. The highest BCUT2D eigenvalue weighted by Gasteiger charge is 2.22. The number of carbonyl (C=O) groups excluding carboxylic acids is 1. The number of amides is 1. The van der Waals surface area contributed by atoms with E-state index in [0.717, 1.165) is 63.6 Å². The van der Waals surface area contributed by atoms with Gasteiger partial charge in [-0.3, -0.25) is 4.79 Å². The minimum absolute atomic E-state index is 0.220. The zero-order valence-electron chi connectivity index (χ0n) is 12.8. The largest absolute Gasteiger partial charge is 0.381 e. The average Bonchev–Trinajstić information content (AvgIpc) is 2.57. The summed E-state index contributed by atoms with van der Waals surface area (Å²) >= 11 is 0. The molecule has 1 aromatic rings. The van der Waals surface area contributed by atoms with Gasteiger partial charge in [0, 0.05) is 32.3 Å².